The lowest BCUT2D eigenvalue weighted by molar-refractivity contribution is -0.199. The minimum absolute atomic E-state index is 0.143. The monoisotopic (exact) mass is 358 g/mol. The summed E-state index contributed by atoms with van der Waals surface area (Å²) in [6.07, 6.45) is 0.0791. The van der Waals surface area contributed by atoms with Crippen LogP contribution in [0.3, 0.4) is 0 Å². The second-order valence-corrected chi connectivity index (χ2v) is 7.03. The van der Waals surface area contributed by atoms with Crippen LogP contribution in [0.2, 0.25) is 10.0 Å². The van der Waals surface area contributed by atoms with Gasteiger partial charge in [-0.3, -0.25) is 0 Å². The Bertz CT molecular complexity index is 763. The summed E-state index contributed by atoms with van der Waals surface area (Å²) < 4.78 is 19.6. The van der Waals surface area contributed by atoms with E-state index in [0.717, 1.165) is 5.52 Å². The maximum Gasteiger partial charge on any atom is 0.165 e. The second kappa shape index (κ2) is 5.31. The van der Waals surface area contributed by atoms with Crippen molar-refractivity contribution in [1.29, 1.82) is 0 Å². The Balaban J connectivity index is 1.77. The highest BCUT2D eigenvalue weighted by Gasteiger charge is 2.55. The van der Waals surface area contributed by atoms with Gasteiger partial charge in [-0.15, -0.1) is 0 Å². The number of fused-ring (bicyclic) bond motifs is 2. The van der Waals surface area contributed by atoms with Crippen molar-refractivity contribution in [3.8, 4) is 0 Å². The van der Waals surface area contributed by atoms with Crippen molar-refractivity contribution in [3.63, 3.8) is 0 Å². The zero-order chi connectivity index (χ0) is 16.4. The zero-order valence-corrected chi connectivity index (χ0v) is 14.1. The molecule has 2 aliphatic rings. The van der Waals surface area contributed by atoms with E-state index in [0.29, 0.717) is 15.6 Å². The molecule has 0 radical (unpaired) electrons. The van der Waals surface area contributed by atoms with Crippen LogP contribution in [-0.4, -0.2) is 45.4 Å². The summed E-state index contributed by atoms with van der Waals surface area (Å²) in [4.78, 5) is 4.35. The van der Waals surface area contributed by atoms with Gasteiger partial charge < -0.3 is 23.9 Å². The molecule has 0 bridgehead atoms. The topological polar surface area (TPSA) is 65.7 Å². The highest BCUT2D eigenvalue weighted by atomic mass is 35.5. The molecular formula is C15H16Cl2N2O4. The molecule has 23 heavy (non-hydrogen) atoms. The Morgan fingerprint density at radius 1 is 1.22 bits per heavy atom. The molecular weight excluding hydrogens is 343 g/mol. The van der Waals surface area contributed by atoms with Gasteiger partial charge in [0.15, 0.2) is 12.0 Å². The van der Waals surface area contributed by atoms with Crippen LogP contribution < -0.4 is 0 Å². The quantitative estimate of drug-likeness (QED) is 0.893. The van der Waals surface area contributed by atoms with Crippen LogP contribution in [-0.2, 0) is 14.2 Å². The molecule has 0 saturated carbocycles. The number of nitrogens with zero attached hydrogens (tertiary/aromatic N) is 2. The lowest BCUT2D eigenvalue weighted by atomic mass is 10.1. The minimum Gasteiger partial charge on any atom is -0.394 e. The first kappa shape index (κ1) is 15.6. The largest absolute Gasteiger partial charge is 0.394 e. The fraction of sp³-hybridized carbons (Fsp3) is 0.533. The number of ether oxygens (including phenoxy) is 3. The molecule has 1 N–H and O–H groups in total. The van der Waals surface area contributed by atoms with Gasteiger partial charge in [0.2, 0.25) is 0 Å². The van der Waals surface area contributed by atoms with Gasteiger partial charge in [0.1, 0.15) is 18.3 Å². The predicted octanol–water partition coefficient (Wildman–Crippen LogP) is 2.75. The summed E-state index contributed by atoms with van der Waals surface area (Å²) in [5.41, 5.74) is 1.50. The normalized spacial score (nSPS) is 32.6. The summed E-state index contributed by atoms with van der Waals surface area (Å²) in [5, 5.41) is 10.5. The SMILES string of the molecule is CC1(C)O[C@@H]2[C@H](O1)[C@@H](CO)O[C@H]2n1cnc2cc(Cl)c(Cl)cc21. The van der Waals surface area contributed by atoms with Gasteiger partial charge in [0, 0.05) is 0 Å². The van der Waals surface area contributed by atoms with Crippen molar-refractivity contribution in [2.75, 3.05) is 6.61 Å². The zero-order valence-electron chi connectivity index (χ0n) is 12.6. The highest BCUT2D eigenvalue weighted by Crippen LogP contribution is 2.44. The highest BCUT2D eigenvalue weighted by molar-refractivity contribution is 6.42. The molecule has 0 aliphatic carbocycles. The van der Waals surface area contributed by atoms with E-state index in [9.17, 15) is 5.11 Å². The van der Waals surface area contributed by atoms with Crippen molar-refractivity contribution in [2.45, 2.75) is 44.2 Å². The third kappa shape index (κ3) is 2.45. The standard InChI is InChI=1S/C15H16Cl2N2O4/c1-15(2)22-12-11(5-20)21-14(13(12)23-15)19-6-18-9-3-7(16)8(17)4-10(9)19/h3-4,6,11-14,20H,5H2,1-2H3/t11-,12-,13-,14-/m1/s1. The van der Waals surface area contributed by atoms with Gasteiger partial charge >= 0.3 is 0 Å². The third-order valence-electron chi connectivity index (χ3n) is 4.20. The number of rotatable bonds is 2. The summed E-state index contributed by atoms with van der Waals surface area (Å²) >= 11 is 12.2. The van der Waals surface area contributed by atoms with Crippen molar-refractivity contribution in [1.82, 2.24) is 9.55 Å². The first-order valence-corrected chi connectivity index (χ1v) is 8.09. The molecule has 4 atom stereocenters. The Labute approximate surface area is 142 Å². The van der Waals surface area contributed by atoms with Crippen molar-refractivity contribution >= 4 is 34.2 Å². The molecule has 6 nitrogen and oxygen atoms in total. The van der Waals surface area contributed by atoms with Crippen LogP contribution in [0.4, 0.5) is 0 Å². The molecule has 3 heterocycles. The van der Waals surface area contributed by atoms with Gasteiger partial charge in [0.25, 0.3) is 0 Å². The average molecular weight is 359 g/mol. The van der Waals surface area contributed by atoms with Gasteiger partial charge in [-0.25, -0.2) is 4.98 Å². The van der Waals surface area contributed by atoms with E-state index in [1.165, 1.54) is 0 Å². The number of hydrogen-bond acceptors (Lipinski definition) is 5. The Hall–Kier alpha value is -0.890. The van der Waals surface area contributed by atoms with Crippen LogP contribution in [0.25, 0.3) is 11.0 Å². The molecule has 4 rings (SSSR count). The van der Waals surface area contributed by atoms with Gasteiger partial charge in [0.05, 0.1) is 34.0 Å². The Morgan fingerprint density at radius 3 is 2.65 bits per heavy atom. The van der Waals surface area contributed by atoms with E-state index in [4.69, 9.17) is 37.4 Å². The molecule has 2 aliphatic heterocycles. The van der Waals surface area contributed by atoms with E-state index < -0.39 is 18.1 Å². The van der Waals surface area contributed by atoms with Gasteiger partial charge in [-0.2, -0.15) is 0 Å². The lowest BCUT2D eigenvalue weighted by Gasteiger charge is -2.24. The number of aromatic nitrogens is 2. The minimum atomic E-state index is -0.720. The molecule has 2 saturated heterocycles. The molecule has 0 spiro atoms. The first-order chi connectivity index (χ1) is 10.9. The van der Waals surface area contributed by atoms with Gasteiger partial charge in [-0.1, -0.05) is 23.2 Å². The summed E-state index contributed by atoms with van der Waals surface area (Å²) in [6.45, 7) is 3.55. The smallest absolute Gasteiger partial charge is 0.165 e. The summed E-state index contributed by atoms with van der Waals surface area (Å²) in [5.74, 6) is -0.720. The van der Waals surface area contributed by atoms with Crippen LogP contribution in [0.1, 0.15) is 20.1 Å². The van der Waals surface area contributed by atoms with E-state index in [2.05, 4.69) is 4.98 Å². The van der Waals surface area contributed by atoms with E-state index in [1.54, 1.807) is 18.5 Å². The van der Waals surface area contributed by atoms with Crippen molar-refractivity contribution < 1.29 is 19.3 Å². The van der Waals surface area contributed by atoms with Crippen LogP contribution >= 0.6 is 23.2 Å². The number of benzene rings is 1. The first-order valence-electron chi connectivity index (χ1n) is 7.33. The maximum atomic E-state index is 9.57. The average Bonchev–Trinajstić information content (AvgIpc) is 3.10. The number of hydrogen-bond donors (Lipinski definition) is 1. The van der Waals surface area contributed by atoms with Crippen molar-refractivity contribution in [2.24, 2.45) is 0 Å². The molecule has 2 aromatic rings. The summed E-state index contributed by atoms with van der Waals surface area (Å²) in [7, 11) is 0. The fourth-order valence-electron chi connectivity index (χ4n) is 3.26. The second-order valence-electron chi connectivity index (χ2n) is 6.22. The molecule has 124 valence electrons. The molecule has 2 fully saturated rings. The fourth-order valence-corrected chi connectivity index (χ4v) is 3.57. The lowest BCUT2D eigenvalue weighted by Crippen LogP contribution is -2.31. The number of imidazole rings is 1. The number of aliphatic hydroxyl groups excluding tert-OH is 1. The van der Waals surface area contributed by atoms with Crippen molar-refractivity contribution in [3.05, 3.63) is 28.5 Å². The Morgan fingerprint density at radius 2 is 1.91 bits per heavy atom. The Kier molecular flexibility index (Phi) is 3.61. The van der Waals surface area contributed by atoms with Gasteiger partial charge in [-0.05, 0) is 26.0 Å². The molecule has 8 heteroatoms. The van der Waals surface area contributed by atoms with E-state index in [1.807, 2.05) is 18.4 Å². The van der Waals surface area contributed by atoms with E-state index >= 15 is 0 Å². The molecule has 0 amide bonds. The summed E-state index contributed by atoms with van der Waals surface area (Å²) in [6, 6.07) is 3.46. The molecule has 0 unspecified atom stereocenters. The molecule has 1 aromatic carbocycles. The predicted molar refractivity (Wildman–Crippen MR) is 84.6 cm³/mol. The third-order valence-corrected chi connectivity index (χ3v) is 4.92. The number of halogens is 2. The van der Waals surface area contributed by atoms with Crippen LogP contribution in [0.5, 0.6) is 0 Å². The van der Waals surface area contributed by atoms with Crippen LogP contribution in [0, 0.1) is 0 Å². The number of aliphatic hydroxyl groups is 1. The van der Waals surface area contributed by atoms with E-state index in [-0.39, 0.29) is 18.8 Å². The molecule has 1 aromatic heterocycles. The maximum absolute atomic E-state index is 9.57. The van der Waals surface area contributed by atoms with Crippen LogP contribution in [0.15, 0.2) is 18.5 Å².